The largest absolute Gasteiger partial charge is 0.382 e. The molecule has 0 radical (unpaired) electrons. The van der Waals surface area contributed by atoms with Gasteiger partial charge in [-0.25, -0.2) is 9.57 Å². The van der Waals surface area contributed by atoms with Crippen molar-refractivity contribution in [2.24, 2.45) is 12.0 Å². The third-order valence-corrected chi connectivity index (χ3v) is 3.01. The lowest BCUT2D eigenvalue weighted by Gasteiger charge is -2.11. The van der Waals surface area contributed by atoms with Gasteiger partial charge in [-0.15, -0.1) is 0 Å². The summed E-state index contributed by atoms with van der Waals surface area (Å²) in [7, 11) is 5.61. The molecule has 1 aliphatic carbocycles. The normalized spacial score (nSPS) is 16.1. The van der Waals surface area contributed by atoms with Gasteiger partial charge in [-0.3, -0.25) is 9.48 Å². The molecule has 1 aromatic rings. The monoisotopic (exact) mass is 287 g/mol. The second kappa shape index (κ2) is 5.74. The Morgan fingerprint density at radius 3 is 2.67 bits per heavy atom. The molecule has 1 heterocycles. The lowest BCUT2D eigenvalue weighted by Crippen LogP contribution is -2.28. The zero-order valence-electron chi connectivity index (χ0n) is 12.6. The average Bonchev–Trinajstić information content (AvgIpc) is 2.72. The molecule has 2 rings (SSSR count). The maximum absolute atomic E-state index is 11.4. The third kappa shape index (κ3) is 3.25. The van der Waals surface area contributed by atoms with Crippen LogP contribution in [0.2, 0.25) is 0 Å². The molecule has 3 N–H and O–H groups in total. The zero-order valence-corrected chi connectivity index (χ0v) is 12.6. The van der Waals surface area contributed by atoms with Crippen LogP contribution in [0, 0.1) is 0 Å². The summed E-state index contributed by atoms with van der Waals surface area (Å²) in [6, 6.07) is 0. The predicted octanol–water partition coefficient (Wildman–Crippen LogP) is 0.378. The maximum atomic E-state index is 11.4. The van der Waals surface area contributed by atoms with Crippen LogP contribution >= 0.6 is 0 Å². The first kappa shape index (κ1) is 14.7. The SMILES string of the molecule is CC(=O)NC1=CC(=[N+](C)C)C=C/C1=N/c1cnn(C)c1N. The van der Waals surface area contributed by atoms with Crippen LogP contribution < -0.4 is 11.1 Å². The summed E-state index contributed by atoms with van der Waals surface area (Å²) in [5.74, 6) is 0.321. The van der Waals surface area contributed by atoms with Crippen LogP contribution in [-0.4, -0.2) is 45.8 Å². The quantitative estimate of drug-likeness (QED) is 0.609. The topological polar surface area (TPSA) is 88.3 Å². The van der Waals surface area contributed by atoms with Gasteiger partial charge in [0.15, 0.2) is 0 Å². The summed E-state index contributed by atoms with van der Waals surface area (Å²) in [6.45, 7) is 1.46. The minimum absolute atomic E-state index is 0.151. The van der Waals surface area contributed by atoms with Crippen molar-refractivity contribution in [1.82, 2.24) is 15.1 Å². The second-order valence-corrected chi connectivity index (χ2v) is 4.93. The van der Waals surface area contributed by atoms with Gasteiger partial charge in [0.1, 0.15) is 25.6 Å². The fourth-order valence-corrected chi connectivity index (χ4v) is 1.84. The Hall–Kier alpha value is -2.70. The zero-order chi connectivity index (χ0) is 15.6. The molecule has 7 heteroatoms. The van der Waals surface area contributed by atoms with Gasteiger partial charge in [-0.2, -0.15) is 5.10 Å². The van der Waals surface area contributed by atoms with Crippen molar-refractivity contribution in [3.63, 3.8) is 0 Å². The number of nitrogens with two attached hydrogens (primary N) is 1. The number of anilines is 1. The number of aryl methyl sites for hydroxylation is 1. The number of allylic oxidation sites excluding steroid dienone is 3. The number of nitrogen functional groups attached to an aromatic ring is 1. The Morgan fingerprint density at radius 2 is 2.14 bits per heavy atom. The van der Waals surface area contributed by atoms with E-state index in [1.165, 1.54) is 6.92 Å². The third-order valence-electron chi connectivity index (χ3n) is 3.01. The molecule has 0 unspecified atom stereocenters. The average molecular weight is 287 g/mol. The number of carbonyl (C=O) groups is 1. The van der Waals surface area contributed by atoms with Crippen LogP contribution in [0.3, 0.4) is 0 Å². The lowest BCUT2D eigenvalue weighted by molar-refractivity contribution is -0.462. The molecule has 1 amide bonds. The number of aromatic nitrogens is 2. The Kier molecular flexibility index (Phi) is 4.02. The molecule has 0 aromatic carbocycles. The molecular formula is C14H19N6O+. The highest BCUT2D eigenvalue weighted by Crippen LogP contribution is 2.22. The van der Waals surface area contributed by atoms with E-state index in [4.69, 9.17) is 5.73 Å². The molecule has 0 spiro atoms. The van der Waals surface area contributed by atoms with Gasteiger partial charge in [-0.1, -0.05) is 0 Å². The molecule has 1 aromatic heterocycles. The van der Waals surface area contributed by atoms with E-state index >= 15 is 0 Å². The van der Waals surface area contributed by atoms with Crippen molar-refractivity contribution >= 4 is 28.8 Å². The molecule has 0 saturated carbocycles. The van der Waals surface area contributed by atoms with Crippen molar-refractivity contribution in [3.05, 3.63) is 30.1 Å². The molecular weight excluding hydrogens is 268 g/mol. The van der Waals surface area contributed by atoms with Gasteiger partial charge in [0, 0.05) is 26.1 Å². The second-order valence-electron chi connectivity index (χ2n) is 4.93. The molecule has 110 valence electrons. The predicted molar refractivity (Wildman–Crippen MR) is 82.9 cm³/mol. The number of carbonyl (C=O) groups excluding carboxylic acids is 1. The minimum atomic E-state index is -0.151. The highest BCUT2D eigenvalue weighted by Gasteiger charge is 2.16. The molecule has 0 fully saturated rings. The fraction of sp³-hybridized carbons (Fsp3) is 0.286. The van der Waals surface area contributed by atoms with Gasteiger partial charge in [0.2, 0.25) is 11.6 Å². The number of rotatable bonds is 2. The molecule has 0 atom stereocenters. The summed E-state index contributed by atoms with van der Waals surface area (Å²) < 4.78 is 3.50. The Labute approximate surface area is 123 Å². The first-order valence-corrected chi connectivity index (χ1v) is 6.46. The number of amides is 1. The minimum Gasteiger partial charge on any atom is -0.382 e. The first-order valence-electron chi connectivity index (χ1n) is 6.46. The van der Waals surface area contributed by atoms with E-state index in [1.807, 2.05) is 36.9 Å². The number of nitrogens with one attached hydrogen (secondary N) is 1. The van der Waals surface area contributed by atoms with Crippen LogP contribution in [0.4, 0.5) is 11.5 Å². The molecule has 7 nitrogen and oxygen atoms in total. The summed E-state index contributed by atoms with van der Waals surface area (Å²) in [5, 5.41) is 6.84. The summed E-state index contributed by atoms with van der Waals surface area (Å²) in [4.78, 5) is 15.8. The van der Waals surface area contributed by atoms with Gasteiger partial charge in [-0.05, 0) is 6.08 Å². The van der Waals surface area contributed by atoms with Crippen LogP contribution in [0.25, 0.3) is 0 Å². The van der Waals surface area contributed by atoms with E-state index in [0.29, 0.717) is 22.9 Å². The van der Waals surface area contributed by atoms with Gasteiger partial charge in [0.25, 0.3) is 0 Å². The number of hydrogen-bond acceptors (Lipinski definition) is 4. The van der Waals surface area contributed by atoms with Crippen molar-refractivity contribution in [1.29, 1.82) is 0 Å². The number of aliphatic imine (C=N–C) groups is 1. The van der Waals surface area contributed by atoms with E-state index in [9.17, 15) is 4.79 Å². The summed E-state index contributed by atoms with van der Waals surface area (Å²) in [6.07, 6.45) is 7.23. The number of hydrogen-bond donors (Lipinski definition) is 2. The van der Waals surface area contributed by atoms with Crippen molar-refractivity contribution < 1.29 is 9.37 Å². The van der Waals surface area contributed by atoms with E-state index < -0.39 is 0 Å². The smallest absolute Gasteiger partial charge is 0.221 e. The fourth-order valence-electron chi connectivity index (χ4n) is 1.84. The lowest BCUT2D eigenvalue weighted by atomic mass is 10.1. The van der Waals surface area contributed by atoms with Crippen molar-refractivity contribution in [3.8, 4) is 0 Å². The van der Waals surface area contributed by atoms with Crippen LogP contribution in [0.1, 0.15) is 6.92 Å². The van der Waals surface area contributed by atoms with Gasteiger partial charge >= 0.3 is 0 Å². The van der Waals surface area contributed by atoms with E-state index in [1.54, 1.807) is 17.9 Å². The molecule has 0 aliphatic heterocycles. The maximum Gasteiger partial charge on any atom is 0.221 e. The van der Waals surface area contributed by atoms with E-state index in [2.05, 4.69) is 15.4 Å². The highest BCUT2D eigenvalue weighted by atomic mass is 16.1. The molecule has 21 heavy (non-hydrogen) atoms. The van der Waals surface area contributed by atoms with Crippen LogP contribution in [0.15, 0.2) is 35.1 Å². The van der Waals surface area contributed by atoms with Crippen molar-refractivity contribution in [2.75, 3.05) is 19.8 Å². The Bertz CT molecular complexity index is 701. The molecule has 0 saturated heterocycles. The standard InChI is InChI=1S/C14H18N6O/c1-9(21)17-12-7-10(19(2)3)5-6-11(12)18-13-8-16-20(4)14(13)15/h5-8H,1-4H3,(H2,15,16,17,21)/p+1. The van der Waals surface area contributed by atoms with E-state index in [0.717, 1.165) is 5.71 Å². The number of nitrogens with zero attached hydrogens (tertiary/aromatic N) is 4. The van der Waals surface area contributed by atoms with Gasteiger partial charge < -0.3 is 11.1 Å². The summed E-state index contributed by atoms with van der Waals surface area (Å²) >= 11 is 0. The van der Waals surface area contributed by atoms with Crippen LogP contribution in [0.5, 0.6) is 0 Å². The molecule has 1 aliphatic rings. The summed E-state index contributed by atoms with van der Waals surface area (Å²) in [5.41, 5.74) is 8.70. The Balaban J connectivity index is 2.45. The van der Waals surface area contributed by atoms with Crippen molar-refractivity contribution in [2.45, 2.75) is 6.92 Å². The Morgan fingerprint density at radius 1 is 1.43 bits per heavy atom. The highest BCUT2D eigenvalue weighted by molar-refractivity contribution is 6.21. The van der Waals surface area contributed by atoms with Crippen LogP contribution in [-0.2, 0) is 11.8 Å². The van der Waals surface area contributed by atoms with Gasteiger partial charge in [0.05, 0.1) is 17.6 Å². The first-order chi connectivity index (χ1) is 9.88. The van der Waals surface area contributed by atoms with E-state index in [-0.39, 0.29) is 5.91 Å². The molecule has 0 bridgehead atoms.